The van der Waals surface area contributed by atoms with Gasteiger partial charge < -0.3 is 14.8 Å². The van der Waals surface area contributed by atoms with E-state index in [1.54, 1.807) is 0 Å². The molecule has 0 aliphatic carbocycles. The van der Waals surface area contributed by atoms with E-state index in [1.165, 1.54) is 36.4 Å². The molecule has 0 unspecified atom stereocenters. The molecule has 0 saturated carbocycles. The Labute approximate surface area is 205 Å². The second-order valence-electron chi connectivity index (χ2n) is 7.76. The Morgan fingerprint density at radius 3 is 2.23 bits per heavy atom. The van der Waals surface area contributed by atoms with Gasteiger partial charge in [0, 0.05) is 24.4 Å². The molecule has 0 aliphatic heterocycles. The summed E-state index contributed by atoms with van der Waals surface area (Å²) in [5.74, 6) is -1.14. The first kappa shape index (κ1) is 27.8. The van der Waals surface area contributed by atoms with Crippen molar-refractivity contribution < 1.29 is 32.3 Å². The van der Waals surface area contributed by atoms with Crippen LogP contribution in [0.15, 0.2) is 47.5 Å². The quantitative estimate of drug-likeness (QED) is 0.319. The van der Waals surface area contributed by atoms with Crippen molar-refractivity contribution in [1.29, 1.82) is 0 Å². The number of hydrogen-bond acceptors (Lipinski definition) is 8. The first-order valence-corrected chi connectivity index (χ1v) is 13.0. The zero-order valence-corrected chi connectivity index (χ0v) is 20.9. The fourth-order valence-electron chi connectivity index (χ4n) is 2.99. The van der Waals surface area contributed by atoms with Crippen molar-refractivity contribution in [2.45, 2.75) is 70.3 Å². The molecule has 1 aromatic carbocycles. The van der Waals surface area contributed by atoms with Crippen LogP contribution < -0.4 is 14.8 Å². The SMILES string of the molecule is CCCCCC(=O)Nc1ccc(S(=O)(=O)NC(=O)c2ccc(OC(=O)OC(CC)CC)nc2)cc1. The lowest BCUT2D eigenvalue weighted by atomic mass is 10.2. The molecule has 0 saturated heterocycles. The van der Waals surface area contributed by atoms with E-state index in [4.69, 9.17) is 9.47 Å². The Kier molecular flexibility index (Phi) is 10.7. The molecular weight excluding hydrogens is 474 g/mol. The highest BCUT2D eigenvalue weighted by molar-refractivity contribution is 7.90. The molecular formula is C24H31N3O7S. The van der Waals surface area contributed by atoms with Gasteiger partial charge >= 0.3 is 6.16 Å². The third-order valence-electron chi connectivity index (χ3n) is 5.04. The number of hydrogen-bond donors (Lipinski definition) is 2. The summed E-state index contributed by atoms with van der Waals surface area (Å²) in [6.07, 6.45) is 4.33. The Hall–Kier alpha value is -3.47. The fourth-order valence-corrected chi connectivity index (χ4v) is 3.97. The van der Waals surface area contributed by atoms with Crippen LogP contribution in [0.5, 0.6) is 5.88 Å². The molecule has 190 valence electrons. The van der Waals surface area contributed by atoms with Gasteiger partial charge in [0.1, 0.15) is 6.10 Å². The maximum absolute atomic E-state index is 12.6. The molecule has 10 nitrogen and oxygen atoms in total. The van der Waals surface area contributed by atoms with E-state index in [1.807, 2.05) is 25.5 Å². The predicted octanol–water partition coefficient (Wildman–Crippen LogP) is 4.42. The van der Waals surface area contributed by atoms with Gasteiger partial charge in [-0.3, -0.25) is 9.59 Å². The average Bonchev–Trinajstić information content (AvgIpc) is 2.83. The number of nitrogens with one attached hydrogen (secondary N) is 2. The van der Waals surface area contributed by atoms with E-state index in [2.05, 4.69) is 10.3 Å². The van der Waals surface area contributed by atoms with E-state index in [-0.39, 0.29) is 28.4 Å². The molecule has 2 N–H and O–H groups in total. The highest BCUT2D eigenvalue weighted by atomic mass is 32.2. The van der Waals surface area contributed by atoms with Gasteiger partial charge in [-0.2, -0.15) is 0 Å². The van der Waals surface area contributed by atoms with Crippen LogP contribution in [0.3, 0.4) is 0 Å². The summed E-state index contributed by atoms with van der Waals surface area (Å²) in [6, 6.07) is 8.01. The maximum atomic E-state index is 12.6. The lowest BCUT2D eigenvalue weighted by molar-refractivity contribution is -0.116. The van der Waals surface area contributed by atoms with Gasteiger partial charge in [-0.25, -0.2) is 22.9 Å². The summed E-state index contributed by atoms with van der Waals surface area (Å²) in [5.41, 5.74) is 0.407. The van der Waals surface area contributed by atoms with Crippen molar-refractivity contribution in [2.75, 3.05) is 5.32 Å². The van der Waals surface area contributed by atoms with Crippen molar-refractivity contribution in [3.63, 3.8) is 0 Å². The minimum Gasteiger partial charge on any atom is -0.431 e. The van der Waals surface area contributed by atoms with E-state index in [0.29, 0.717) is 24.9 Å². The lowest BCUT2D eigenvalue weighted by Crippen LogP contribution is -2.30. The molecule has 2 amide bonds. The van der Waals surface area contributed by atoms with Crippen LogP contribution in [0.1, 0.15) is 69.7 Å². The van der Waals surface area contributed by atoms with Gasteiger partial charge in [0.2, 0.25) is 11.8 Å². The lowest BCUT2D eigenvalue weighted by Gasteiger charge is -2.13. The van der Waals surface area contributed by atoms with Crippen LogP contribution in [0.25, 0.3) is 0 Å². The number of benzene rings is 1. The number of unbranched alkanes of at least 4 members (excludes halogenated alkanes) is 2. The first-order chi connectivity index (χ1) is 16.7. The highest BCUT2D eigenvalue weighted by Gasteiger charge is 2.20. The van der Waals surface area contributed by atoms with Crippen molar-refractivity contribution >= 4 is 33.7 Å². The van der Waals surface area contributed by atoms with Gasteiger partial charge in [0.15, 0.2) is 0 Å². The number of carbonyl (C=O) groups excluding carboxylic acids is 3. The topological polar surface area (TPSA) is 141 Å². The molecule has 2 aromatic rings. The second-order valence-corrected chi connectivity index (χ2v) is 9.44. The molecule has 0 spiro atoms. The minimum absolute atomic E-state index is 0.0507. The molecule has 11 heteroatoms. The number of nitrogens with zero attached hydrogens (tertiary/aromatic N) is 1. The molecule has 0 fully saturated rings. The molecule has 2 rings (SSSR count). The minimum atomic E-state index is -4.16. The van der Waals surface area contributed by atoms with E-state index < -0.39 is 22.1 Å². The smallest absolute Gasteiger partial charge is 0.431 e. The zero-order chi connectivity index (χ0) is 25.8. The van der Waals surface area contributed by atoms with Gasteiger partial charge in [-0.15, -0.1) is 0 Å². The molecule has 1 heterocycles. The third-order valence-corrected chi connectivity index (χ3v) is 6.39. The number of anilines is 1. The highest BCUT2D eigenvalue weighted by Crippen LogP contribution is 2.16. The number of carbonyl (C=O) groups is 3. The Balaban J connectivity index is 1.95. The Bertz CT molecular complexity index is 1100. The zero-order valence-electron chi connectivity index (χ0n) is 20.1. The maximum Gasteiger partial charge on any atom is 0.515 e. The van der Waals surface area contributed by atoms with Crippen LogP contribution in [0.4, 0.5) is 10.5 Å². The largest absolute Gasteiger partial charge is 0.515 e. The van der Waals surface area contributed by atoms with E-state index >= 15 is 0 Å². The van der Waals surface area contributed by atoms with Crippen molar-refractivity contribution in [2.24, 2.45) is 0 Å². The van der Waals surface area contributed by atoms with Crippen LogP contribution >= 0.6 is 0 Å². The number of pyridine rings is 1. The molecule has 1 aromatic heterocycles. The molecule has 35 heavy (non-hydrogen) atoms. The average molecular weight is 506 g/mol. The van der Waals surface area contributed by atoms with E-state index in [9.17, 15) is 22.8 Å². The van der Waals surface area contributed by atoms with Gasteiger partial charge in [0.05, 0.1) is 10.5 Å². The van der Waals surface area contributed by atoms with Crippen LogP contribution in [0, 0.1) is 0 Å². The number of aromatic nitrogens is 1. The monoisotopic (exact) mass is 505 g/mol. The molecule has 0 atom stereocenters. The predicted molar refractivity (Wildman–Crippen MR) is 130 cm³/mol. The normalized spacial score (nSPS) is 11.1. The summed E-state index contributed by atoms with van der Waals surface area (Å²) in [7, 11) is -4.16. The van der Waals surface area contributed by atoms with Gasteiger partial charge in [-0.1, -0.05) is 33.6 Å². The summed E-state index contributed by atoms with van der Waals surface area (Å²) in [5, 5.41) is 2.71. The first-order valence-electron chi connectivity index (χ1n) is 11.5. The summed E-state index contributed by atoms with van der Waals surface area (Å²) >= 11 is 0. The van der Waals surface area contributed by atoms with Crippen molar-refractivity contribution in [1.82, 2.24) is 9.71 Å². The van der Waals surface area contributed by atoms with Gasteiger partial charge in [0.25, 0.3) is 15.9 Å². The van der Waals surface area contributed by atoms with Crippen LogP contribution in [0.2, 0.25) is 0 Å². The molecule has 0 radical (unpaired) electrons. The summed E-state index contributed by atoms with van der Waals surface area (Å²) < 4.78 is 37.2. The van der Waals surface area contributed by atoms with Crippen LogP contribution in [-0.2, 0) is 19.6 Å². The third kappa shape index (κ3) is 9.01. The number of amides is 2. The Morgan fingerprint density at radius 1 is 0.971 bits per heavy atom. The van der Waals surface area contributed by atoms with Gasteiger partial charge in [-0.05, 0) is 49.6 Å². The second kappa shape index (κ2) is 13.4. The Morgan fingerprint density at radius 2 is 1.66 bits per heavy atom. The van der Waals surface area contributed by atoms with Crippen molar-refractivity contribution in [3.8, 4) is 5.88 Å². The fraction of sp³-hybridized carbons (Fsp3) is 0.417. The summed E-state index contributed by atoms with van der Waals surface area (Å²) in [4.78, 5) is 39.8. The standard InChI is InChI=1S/C24H31N3O7S/c1-4-7-8-9-21(28)26-18-11-13-20(14-12-18)35(31,32)27-23(29)17-10-15-22(25-16-17)34-24(30)33-19(5-2)6-3/h10-16,19H,4-9H2,1-3H3,(H,26,28)(H,27,29). The van der Waals surface area contributed by atoms with Crippen molar-refractivity contribution in [3.05, 3.63) is 48.2 Å². The number of rotatable bonds is 12. The molecule has 0 bridgehead atoms. The van der Waals surface area contributed by atoms with Crippen LogP contribution in [-0.4, -0.2) is 37.5 Å². The molecule has 0 aliphatic rings. The summed E-state index contributed by atoms with van der Waals surface area (Å²) in [6.45, 7) is 5.80. The van der Waals surface area contributed by atoms with E-state index in [0.717, 1.165) is 25.5 Å². The number of sulfonamides is 1. The number of ether oxygens (including phenoxy) is 2.